The number of nitrogens with two attached hydrogens (primary N) is 1. The fourth-order valence-corrected chi connectivity index (χ4v) is 1.81. The number of likely N-dealkylation sites (N-methyl/N-ethyl adjacent to an activating group) is 1. The van der Waals surface area contributed by atoms with Crippen molar-refractivity contribution in [3.63, 3.8) is 0 Å². The lowest BCUT2D eigenvalue weighted by Gasteiger charge is -2.16. The molecule has 0 fully saturated rings. The molecule has 0 aliphatic heterocycles. The second-order valence-corrected chi connectivity index (χ2v) is 4.05. The molecule has 18 heavy (non-hydrogen) atoms. The van der Waals surface area contributed by atoms with Gasteiger partial charge in [0.05, 0.1) is 20.3 Å². The molecule has 1 rings (SSSR count). The Morgan fingerprint density at radius 1 is 1.39 bits per heavy atom. The Bertz CT molecular complexity index is 432. The highest BCUT2D eigenvalue weighted by Gasteiger charge is 2.17. The van der Waals surface area contributed by atoms with Crippen molar-refractivity contribution in [1.29, 1.82) is 0 Å². The Balaban J connectivity index is 3.04. The van der Waals surface area contributed by atoms with Gasteiger partial charge in [0.15, 0.2) is 0 Å². The average Bonchev–Trinajstić information content (AvgIpc) is 2.39. The number of aryl methyl sites for hydroxylation is 1. The van der Waals surface area contributed by atoms with Crippen molar-refractivity contribution in [2.75, 3.05) is 21.3 Å². The number of rotatable bonds is 5. The third-order valence-corrected chi connectivity index (χ3v) is 2.87. The molecule has 100 valence electrons. The van der Waals surface area contributed by atoms with Crippen LogP contribution in [-0.4, -0.2) is 33.2 Å². The van der Waals surface area contributed by atoms with E-state index in [1.54, 1.807) is 27.3 Å². The van der Waals surface area contributed by atoms with Crippen LogP contribution in [0.1, 0.15) is 11.1 Å². The van der Waals surface area contributed by atoms with Gasteiger partial charge in [0.25, 0.3) is 0 Å². The zero-order valence-corrected chi connectivity index (χ0v) is 11.2. The lowest BCUT2D eigenvalue weighted by atomic mass is 9.99. The number of ether oxygens (including phenoxy) is 2. The molecule has 0 aliphatic carbocycles. The SMILES string of the molecule is CNC(=O)C(N)Cc1c(C)cc(OC)cc1OC. The molecule has 0 radical (unpaired) electrons. The number of methoxy groups -OCH3 is 2. The zero-order chi connectivity index (χ0) is 13.7. The van der Waals surface area contributed by atoms with Crippen molar-refractivity contribution in [1.82, 2.24) is 5.32 Å². The van der Waals surface area contributed by atoms with E-state index >= 15 is 0 Å². The molecular weight excluding hydrogens is 232 g/mol. The highest BCUT2D eigenvalue weighted by molar-refractivity contribution is 5.81. The zero-order valence-electron chi connectivity index (χ0n) is 11.2. The topological polar surface area (TPSA) is 73.6 Å². The highest BCUT2D eigenvalue weighted by Crippen LogP contribution is 2.29. The van der Waals surface area contributed by atoms with Gasteiger partial charge in [0, 0.05) is 19.5 Å². The van der Waals surface area contributed by atoms with E-state index in [1.165, 1.54) is 0 Å². The van der Waals surface area contributed by atoms with Gasteiger partial charge in [-0.2, -0.15) is 0 Å². The molecule has 1 atom stereocenters. The maximum absolute atomic E-state index is 11.4. The molecule has 0 heterocycles. The van der Waals surface area contributed by atoms with Gasteiger partial charge in [-0.15, -0.1) is 0 Å². The molecule has 0 aromatic heterocycles. The summed E-state index contributed by atoms with van der Waals surface area (Å²) in [7, 11) is 4.76. The Morgan fingerprint density at radius 3 is 2.56 bits per heavy atom. The first-order valence-electron chi connectivity index (χ1n) is 5.72. The number of amides is 1. The summed E-state index contributed by atoms with van der Waals surface area (Å²) < 4.78 is 10.5. The number of hydrogen-bond donors (Lipinski definition) is 2. The van der Waals surface area contributed by atoms with E-state index in [0.717, 1.165) is 16.9 Å². The minimum absolute atomic E-state index is 0.188. The molecule has 3 N–H and O–H groups in total. The van der Waals surface area contributed by atoms with Gasteiger partial charge in [-0.25, -0.2) is 0 Å². The standard InChI is InChI=1S/C13H20N2O3/c1-8-5-9(17-3)6-12(18-4)10(8)7-11(14)13(16)15-2/h5-6,11H,7,14H2,1-4H3,(H,15,16). The van der Waals surface area contributed by atoms with Gasteiger partial charge >= 0.3 is 0 Å². The maximum atomic E-state index is 11.4. The molecular formula is C13H20N2O3. The molecule has 1 aromatic rings. The Kier molecular flexibility index (Phi) is 4.97. The van der Waals surface area contributed by atoms with Crippen molar-refractivity contribution in [3.05, 3.63) is 23.3 Å². The number of hydrogen-bond acceptors (Lipinski definition) is 4. The fraction of sp³-hybridized carbons (Fsp3) is 0.462. The normalized spacial score (nSPS) is 11.8. The first-order valence-corrected chi connectivity index (χ1v) is 5.72. The predicted octanol–water partition coefficient (Wildman–Crippen LogP) is 0.628. The van der Waals surface area contributed by atoms with Gasteiger partial charge in [-0.3, -0.25) is 4.79 Å². The average molecular weight is 252 g/mol. The van der Waals surface area contributed by atoms with E-state index in [2.05, 4.69) is 5.32 Å². The Morgan fingerprint density at radius 2 is 2.06 bits per heavy atom. The predicted molar refractivity (Wildman–Crippen MR) is 70.0 cm³/mol. The summed E-state index contributed by atoms with van der Waals surface area (Å²) in [5.41, 5.74) is 7.74. The van der Waals surface area contributed by atoms with Crippen molar-refractivity contribution in [2.45, 2.75) is 19.4 Å². The molecule has 0 saturated carbocycles. The summed E-state index contributed by atoms with van der Waals surface area (Å²) >= 11 is 0. The molecule has 5 nitrogen and oxygen atoms in total. The summed E-state index contributed by atoms with van der Waals surface area (Å²) in [5.74, 6) is 1.22. The summed E-state index contributed by atoms with van der Waals surface area (Å²) in [5, 5.41) is 2.54. The summed E-state index contributed by atoms with van der Waals surface area (Å²) in [4.78, 5) is 11.4. The van der Waals surface area contributed by atoms with Gasteiger partial charge in [-0.1, -0.05) is 0 Å². The summed E-state index contributed by atoms with van der Waals surface area (Å²) in [6.07, 6.45) is 0.429. The van der Waals surface area contributed by atoms with Crippen LogP contribution in [0.25, 0.3) is 0 Å². The Labute approximate surface area is 107 Å². The van der Waals surface area contributed by atoms with E-state index in [1.807, 2.05) is 13.0 Å². The molecule has 1 aromatic carbocycles. The number of carbonyl (C=O) groups is 1. The minimum Gasteiger partial charge on any atom is -0.497 e. The van der Waals surface area contributed by atoms with Crippen molar-refractivity contribution < 1.29 is 14.3 Å². The second kappa shape index (κ2) is 6.26. The van der Waals surface area contributed by atoms with E-state index in [9.17, 15) is 4.79 Å². The molecule has 1 amide bonds. The van der Waals surface area contributed by atoms with Gasteiger partial charge in [0.1, 0.15) is 11.5 Å². The van der Waals surface area contributed by atoms with E-state index in [4.69, 9.17) is 15.2 Å². The maximum Gasteiger partial charge on any atom is 0.237 e. The lowest BCUT2D eigenvalue weighted by molar-refractivity contribution is -0.121. The highest BCUT2D eigenvalue weighted by atomic mass is 16.5. The van der Waals surface area contributed by atoms with Crippen LogP contribution in [0.3, 0.4) is 0 Å². The van der Waals surface area contributed by atoms with Gasteiger partial charge < -0.3 is 20.5 Å². The van der Waals surface area contributed by atoms with Crippen molar-refractivity contribution >= 4 is 5.91 Å². The smallest absolute Gasteiger partial charge is 0.237 e. The van der Waals surface area contributed by atoms with Crippen LogP contribution in [-0.2, 0) is 11.2 Å². The van der Waals surface area contributed by atoms with Crippen LogP contribution < -0.4 is 20.5 Å². The van der Waals surface area contributed by atoms with Crippen LogP contribution in [0.4, 0.5) is 0 Å². The monoisotopic (exact) mass is 252 g/mol. The summed E-state index contributed by atoms with van der Waals surface area (Å²) in [6, 6.07) is 3.10. The number of carbonyl (C=O) groups excluding carboxylic acids is 1. The van der Waals surface area contributed by atoms with E-state index in [0.29, 0.717) is 12.2 Å². The quantitative estimate of drug-likeness (QED) is 0.806. The molecule has 0 saturated heterocycles. The van der Waals surface area contributed by atoms with Crippen LogP contribution in [0.2, 0.25) is 0 Å². The lowest BCUT2D eigenvalue weighted by Crippen LogP contribution is -2.40. The molecule has 0 bridgehead atoms. The third-order valence-electron chi connectivity index (χ3n) is 2.87. The largest absolute Gasteiger partial charge is 0.497 e. The number of benzene rings is 1. The van der Waals surface area contributed by atoms with E-state index < -0.39 is 6.04 Å². The van der Waals surface area contributed by atoms with Crippen LogP contribution >= 0.6 is 0 Å². The first kappa shape index (κ1) is 14.3. The third kappa shape index (κ3) is 3.13. The summed E-state index contributed by atoms with van der Waals surface area (Å²) in [6.45, 7) is 1.94. The van der Waals surface area contributed by atoms with Crippen molar-refractivity contribution in [3.8, 4) is 11.5 Å². The van der Waals surface area contributed by atoms with Crippen molar-refractivity contribution in [2.24, 2.45) is 5.73 Å². The van der Waals surface area contributed by atoms with Gasteiger partial charge in [-0.05, 0) is 24.1 Å². The van der Waals surface area contributed by atoms with Gasteiger partial charge in [0.2, 0.25) is 5.91 Å². The van der Waals surface area contributed by atoms with Crippen LogP contribution in [0, 0.1) is 6.92 Å². The second-order valence-electron chi connectivity index (χ2n) is 4.05. The first-order chi connectivity index (χ1) is 8.53. The van der Waals surface area contributed by atoms with Crippen LogP contribution in [0.15, 0.2) is 12.1 Å². The molecule has 5 heteroatoms. The number of nitrogens with one attached hydrogen (secondary N) is 1. The van der Waals surface area contributed by atoms with E-state index in [-0.39, 0.29) is 5.91 Å². The molecule has 0 spiro atoms. The fourth-order valence-electron chi connectivity index (χ4n) is 1.81. The molecule has 0 aliphatic rings. The van der Waals surface area contributed by atoms with Crippen LogP contribution in [0.5, 0.6) is 11.5 Å². The minimum atomic E-state index is -0.587. The Hall–Kier alpha value is -1.75. The molecule has 1 unspecified atom stereocenters.